The SMILES string of the molecule is COC(=O)c1coc2c1C(=O)CCC2c1cc(F)ccc1F. The standard InChI is InChI=1S/C16H12F2O4/c1-21-16(20)11-7-22-15-9(3-5-13(19)14(11)15)10-6-8(17)2-4-12(10)18/h2,4,6-7,9H,3,5H2,1H3. The number of furan rings is 1. The third kappa shape index (κ3) is 2.20. The predicted octanol–water partition coefficient (Wildman–Crippen LogP) is 3.45. The lowest BCUT2D eigenvalue weighted by atomic mass is 9.81. The molecule has 0 fully saturated rings. The second-order valence-electron chi connectivity index (χ2n) is 5.06. The van der Waals surface area contributed by atoms with Crippen LogP contribution in [0.15, 0.2) is 28.9 Å². The Hall–Kier alpha value is -2.50. The summed E-state index contributed by atoms with van der Waals surface area (Å²) in [6.45, 7) is 0. The van der Waals surface area contributed by atoms with Crippen LogP contribution in [0, 0.1) is 11.6 Å². The van der Waals surface area contributed by atoms with E-state index < -0.39 is 23.5 Å². The van der Waals surface area contributed by atoms with Crippen molar-refractivity contribution in [2.75, 3.05) is 7.11 Å². The van der Waals surface area contributed by atoms with Crippen molar-refractivity contribution in [1.82, 2.24) is 0 Å². The van der Waals surface area contributed by atoms with Crippen LogP contribution in [0.4, 0.5) is 8.78 Å². The van der Waals surface area contributed by atoms with Gasteiger partial charge in [0.1, 0.15) is 29.2 Å². The van der Waals surface area contributed by atoms with Gasteiger partial charge in [0.25, 0.3) is 0 Å². The number of hydrogen-bond acceptors (Lipinski definition) is 4. The molecule has 1 aliphatic rings. The average molecular weight is 306 g/mol. The molecule has 2 aromatic rings. The molecule has 0 saturated heterocycles. The Labute approximate surface area is 124 Å². The van der Waals surface area contributed by atoms with Crippen LogP contribution >= 0.6 is 0 Å². The van der Waals surface area contributed by atoms with Crippen molar-refractivity contribution >= 4 is 11.8 Å². The van der Waals surface area contributed by atoms with E-state index in [2.05, 4.69) is 4.74 Å². The van der Waals surface area contributed by atoms with E-state index in [1.165, 1.54) is 7.11 Å². The van der Waals surface area contributed by atoms with Gasteiger partial charge in [-0.15, -0.1) is 0 Å². The third-order valence-electron chi connectivity index (χ3n) is 3.81. The van der Waals surface area contributed by atoms with E-state index in [1.54, 1.807) is 0 Å². The summed E-state index contributed by atoms with van der Waals surface area (Å²) < 4.78 is 37.3. The van der Waals surface area contributed by atoms with Gasteiger partial charge in [-0.2, -0.15) is 0 Å². The maximum absolute atomic E-state index is 14.0. The zero-order valence-corrected chi connectivity index (χ0v) is 11.7. The molecule has 1 aromatic heterocycles. The molecule has 1 unspecified atom stereocenters. The average Bonchev–Trinajstić information content (AvgIpc) is 2.95. The lowest BCUT2D eigenvalue weighted by Crippen LogP contribution is -2.18. The normalized spacial score (nSPS) is 17.2. The summed E-state index contributed by atoms with van der Waals surface area (Å²) in [6.07, 6.45) is 1.54. The maximum Gasteiger partial charge on any atom is 0.341 e. The second-order valence-corrected chi connectivity index (χ2v) is 5.06. The number of ether oxygens (including phenoxy) is 1. The lowest BCUT2D eigenvalue weighted by molar-refractivity contribution is 0.0596. The highest BCUT2D eigenvalue weighted by Gasteiger charge is 2.36. The number of halogens is 2. The van der Waals surface area contributed by atoms with Crippen molar-refractivity contribution in [3.8, 4) is 0 Å². The highest BCUT2D eigenvalue weighted by Crippen LogP contribution is 2.40. The van der Waals surface area contributed by atoms with E-state index in [0.717, 1.165) is 24.5 Å². The molecule has 3 rings (SSSR count). The van der Waals surface area contributed by atoms with Crippen LogP contribution in [0.5, 0.6) is 0 Å². The fourth-order valence-corrected chi connectivity index (χ4v) is 2.79. The van der Waals surface area contributed by atoms with Crippen molar-refractivity contribution < 1.29 is 27.5 Å². The number of ketones is 1. The van der Waals surface area contributed by atoms with Crippen molar-refractivity contribution in [2.24, 2.45) is 0 Å². The van der Waals surface area contributed by atoms with Gasteiger partial charge in [-0.3, -0.25) is 4.79 Å². The number of carbonyl (C=O) groups excluding carboxylic acids is 2. The Kier molecular flexibility index (Phi) is 3.52. The number of benzene rings is 1. The number of methoxy groups -OCH3 is 1. The topological polar surface area (TPSA) is 56.5 Å². The van der Waals surface area contributed by atoms with Crippen molar-refractivity contribution in [1.29, 1.82) is 0 Å². The maximum atomic E-state index is 14.0. The van der Waals surface area contributed by atoms with Crippen LogP contribution in [0.25, 0.3) is 0 Å². The summed E-state index contributed by atoms with van der Waals surface area (Å²) in [5.74, 6) is -2.55. The highest BCUT2D eigenvalue weighted by molar-refractivity contribution is 6.07. The van der Waals surface area contributed by atoms with Crippen LogP contribution in [0.2, 0.25) is 0 Å². The number of fused-ring (bicyclic) bond motifs is 1. The molecule has 1 aliphatic carbocycles. The molecule has 0 bridgehead atoms. The minimum absolute atomic E-state index is 0.0176. The third-order valence-corrected chi connectivity index (χ3v) is 3.81. The fourth-order valence-electron chi connectivity index (χ4n) is 2.79. The summed E-state index contributed by atoms with van der Waals surface area (Å²) in [4.78, 5) is 23.8. The molecule has 4 nitrogen and oxygen atoms in total. The molecular formula is C16H12F2O4. The van der Waals surface area contributed by atoms with E-state index in [9.17, 15) is 18.4 Å². The van der Waals surface area contributed by atoms with E-state index in [0.29, 0.717) is 6.42 Å². The van der Waals surface area contributed by atoms with Gasteiger partial charge in [0, 0.05) is 17.9 Å². The highest BCUT2D eigenvalue weighted by atomic mass is 19.1. The molecule has 1 atom stereocenters. The molecule has 114 valence electrons. The molecular weight excluding hydrogens is 294 g/mol. The minimum atomic E-state index is -0.696. The van der Waals surface area contributed by atoms with Crippen molar-refractivity contribution in [3.63, 3.8) is 0 Å². The predicted molar refractivity (Wildman–Crippen MR) is 71.8 cm³/mol. The van der Waals surface area contributed by atoms with Gasteiger partial charge in [0.2, 0.25) is 0 Å². The van der Waals surface area contributed by atoms with Gasteiger partial charge < -0.3 is 9.15 Å². The molecule has 22 heavy (non-hydrogen) atoms. The molecule has 0 radical (unpaired) electrons. The van der Waals surface area contributed by atoms with Gasteiger partial charge in [-0.1, -0.05) is 0 Å². The number of rotatable bonds is 2. The summed E-state index contributed by atoms with van der Waals surface area (Å²) in [6, 6.07) is 3.14. The summed E-state index contributed by atoms with van der Waals surface area (Å²) in [5, 5.41) is 0. The van der Waals surface area contributed by atoms with Crippen molar-refractivity contribution in [3.05, 3.63) is 58.5 Å². The molecule has 0 aliphatic heterocycles. The van der Waals surface area contributed by atoms with Gasteiger partial charge >= 0.3 is 5.97 Å². The Morgan fingerprint density at radius 3 is 2.86 bits per heavy atom. The minimum Gasteiger partial charge on any atom is -0.467 e. The Morgan fingerprint density at radius 2 is 2.14 bits per heavy atom. The molecule has 0 saturated carbocycles. The summed E-state index contributed by atoms with van der Waals surface area (Å²) in [7, 11) is 1.19. The smallest absolute Gasteiger partial charge is 0.341 e. The quantitative estimate of drug-likeness (QED) is 0.797. The first-order valence-electron chi connectivity index (χ1n) is 6.70. The van der Waals surface area contributed by atoms with Gasteiger partial charge in [0.15, 0.2) is 5.78 Å². The number of carbonyl (C=O) groups is 2. The Balaban J connectivity index is 2.13. The van der Waals surface area contributed by atoms with Crippen LogP contribution in [0.1, 0.15) is 50.8 Å². The second kappa shape index (κ2) is 5.36. The molecule has 0 amide bonds. The Bertz CT molecular complexity index is 764. The monoisotopic (exact) mass is 306 g/mol. The first-order valence-corrected chi connectivity index (χ1v) is 6.70. The molecule has 6 heteroatoms. The summed E-state index contributed by atoms with van der Waals surface area (Å²) >= 11 is 0. The molecule has 0 N–H and O–H groups in total. The van der Waals surface area contributed by atoms with E-state index in [4.69, 9.17) is 4.42 Å². The largest absolute Gasteiger partial charge is 0.467 e. The van der Waals surface area contributed by atoms with Gasteiger partial charge in [0.05, 0.1) is 12.7 Å². The van der Waals surface area contributed by atoms with Crippen LogP contribution in [-0.4, -0.2) is 18.9 Å². The van der Waals surface area contributed by atoms with E-state index in [-0.39, 0.29) is 34.7 Å². The van der Waals surface area contributed by atoms with Crippen LogP contribution < -0.4 is 0 Å². The number of esters is 1. The van der Waals surface area contributed by atoms with E-state index in [1.807, 2.05) is 0 Å². The fraction of sp³-hybridized carbons (Fsp3) is 0.250. The lowest BCUT2D eigenvalue weighted by Gasteiger charge is -2.21. The van der Waals surface area contributed by atoms with Crippen molar-refractivity contribution in [2.45, 2.75) is 18.8 Å². The van der Waals surface area contributed by atoms with Crippen LogP contribution in [0.3, 0.4) is 0 Å². The van der Waals surface area contributed by atoms with Gasteiger partial charge in [-0.25, -0.2) is 13.6 Å². The van der Waals surface area contributed by atoms with Crippen LogP contribution in [-0.2, 0) is 4.74 Å². The first-order chi connectivity index (χ1) is 10.5. The molecule has 0 spiro atoms. The summed E-state index contributed by atoms with van der Waals surface area (Å²) in [5.41, 5.74) is 0.232. The first kappa shape index (κ1) is 14.4. The Morgan fingerprint density at radius 1 is 1.36 bits per heavy atom. The number of hydrogen-bond donors (Lipinski definition) is 0. The molecule has 1 aromatic carbocycles. The van der Waals surface area contributed by atoms with E-state index >= 15 is 0 Å². The van der Waals surface area contributed by atoms with Gasteiger partial charge in [-0.05, 0) is 24.6 Å². The molecule has 1 heterocycles. The number of Topliss-reactive ketones (excluding diaryl/α,β-unsaturated/α-hetero) is 1. The zero-order valence-electron chi connectivity index (χ0n) is 11.7. The zero-order chi connectivity index (χ0) is 15.9.